The van der Waals surface area contributed by atoms with Gasteiger partial charge in [0.1, 0.15) is 5.75 Å². The van der Waals surface area contributed by atoms with Crippen molar-refractivity contribution < 1.29 is 9.84 Å². The average Bonchev–Trinajstić information content (AvgIpc) is 2.38. The van der Waals surface area contributed by atoms with Crippen LogP contribution >= 0.6 is 0 Å². The summed E-state index contributed by atoms with van der Waals surface area (Å²) in [7, 11) is 0. The van der Waals surface area contributed by atoms with Crippen LogP contribution in [0.15, 0.2) is 12.1 Å². The second-order valence-corrected chi connectivity index (χ2v) is 5.35. The minimum atomic E-state index is -0.425. The van der Waals surface area contributed by atoms with Crippen molar-refractivity contribution in [3.05, 3.63) is 28.8 Å². The van der Waals surface area contributed by atoms with Gasteiger partial charge >= 0.3 is 0 Å². The topological polar surface area (TPSA) is 55.5 Å². The van der Waals surface area contributed by atoms with E-state index in [2.05, 4.69) is 39.8 Å². The predicted molar refractivity (Wildman–Crippen MR) is 79.8 cm³/mol. The van der Waals surface area contributed by atoms with Crippen molar-refractivity contribution in [2.75, 3.05) is 13.2 Å². The maximum atomic E-state index is 9.67. The van der Waals surface area contributed by atoms with Gasteiger partial charge in [-0.1, -0.05) is 19.9 Å². The van der Waals surface area contributed by atoms with E-state index < -0.39 is 6.10 Å². The summed E-state index contributed by atoms with van der Waals surface area (Å²) in [5.41, 5.74) is 9.12. The van der Waals surface area contributed by atoms with Gasteiger partial charge in [0.15, 0.2) is 0 Å². The van der Waals surface area contributed by atoms with Crippen LogP contribution in [0.2, 0.25) is 0 Å². The molecule has 0 aliphatic rings. The number of hydrogen-bond donors (Lipinski definition) is 2. The maximum absolute atomic E-state index is 9.67. The van der Waals surface area contributed by atoms with E-state index in [0.29, 0.717) is 18.9 Å². The molecule has 3 N–H and O–H groups in total. The molecule has 0 aliphatic carbocycles. The molecule has 19 heavy (non-hydrogen) atoms. The molecule has 3 nitrogen and oxygen atoms in total. The second kappa shape index (κ2) is 7.51. The SMILES string of the molecule is CCCOc1cc(C)c(C(C)CC(O)CN)cc1C. The molecule has 2 atom stereocenters. The lowest BCUT2D eigenvalue weighted by atomic mass is 9.90. The number of nitrogens with two attached hydrogens (primary N) is 1. The fourth-order valence-electron chi connectivity index (χ4n) is 2.34. The van der Waals surface area contributed by atoms with Crippen LogP contribution in [0, 0.1) is 13.8 Å². The molecule has 0 saturated heterocycles. The number of benzene rings is 1. The Morgan fingerprint density at radius 2 is 1.95 bits per heavy atom. The van der Waals surface area contributed by atoms with E-state index in [4.69, 9.17) is 10.5 Å². The molecule has 0 fully saturated rings. The van der Waals surface area contributed by atoms with Crippen molar-refractivity contribution in [1.82, 2.24) is 0 Å². The zero-order valence-corrected chi connectivity index (χ0v) is 12.6. The van der Waals surface area contributed by atoms with Gasteiger partial charge in [-0.15, -0.1) is 0 Å². The molecule has 108 valence electrons. The van der Waals surface area contributed by atoms with E-state index in [1.54, 1.807) is 0 Å². The number of aliphatic hydroxyl groups excluding tert-OH is 1. The standard InChI is InChI=1S/C16H27NO2/c1-5-6-19-16-9-12(3)15(8-13(16)4)11(2)7-14(18)10-17/h8-9,11,14,18H,5-7,10,17H2,1-4H3. The van der Waals surface area contributed by atoms with E-state index in [-0.39, 0.29) is 0 Å². The molecule has 1 aromatic carbocycles. The lowest BCUT2D eigenvalue weighted by molar-refractivity contribution is 0.165. The molecule has 3 heteroatoms. The zero-order chi connectivity index (χ0) is 14.4. The molecule has 0 bridgehead atoms. The van der Waals surface area contributed by atoms with Crippen LogP contribution in [0.3, 0.4) is 0 Å². The minimum absolute atomic E-state index is 0.303. The average molecular weight is 265 g/mol. The highest BCUT2D eigenvalue weighted by molar-refractivity contribution is 5.43. The number of aryl methyl sites for hydroxylation is 2. The normalized spacial score (nSPS) is 14.2. The first-order valence-corrected chi connectivity index (χ1v) is 7.11. The van der Waals surface area contributed by atoms with E-state index in [1.165, 1.54) is 11.1 Å². The van der Waals surface area contributed by atoms with Crippen LogP contribution in [0.1, 0.15) is 49.3 Å². The van der Waals surface area contributed by atoms with Gasteiger partial charge < -0.3 is 15.6 Å². The Morgan fingerprint density at radius 1 is 1.26 bits per heavy atom. The minimum Gasteiger partial charge on any atom is -0.493 e. The summed E-state index contributed by atoms with van der Waals surface area (Å²) in [6.07, 6.45) is 1.29. The van der Waals surface area contributed by atoms with Crippen molar-refractivity contribution in [2.45, 2.75) is 52.6 Å². The Bertz CT molecular complexity index is 404. The lowest BCUT2D eigenvalue weighted by Crippen LogP contribution is -2.21. The van der Waals surface area contributed by atoms with Crippen molar-refractivity contribution in [1.29, 1.82) is 0 Å². The van der Waals surface area contributed by atoms with E-state index in [9.17, 15) is 5.11 Å². The lowest BCUT2D eigenvalue weighted by Gasteiger charge is -2.20. The van der Waals surface area contributed by atoms with Crippen LogP contribution in [-0.2, 0) is 0 Å². The molecule has 0 aliphatic heterocycles. The fraction of sp³-hybridized carbons (Fsp3) is 0.625. The first-order valence-electron chi connectivity index (χ1n) is 7.11. The van der Waals surface area contributed by atoms with Gasteiger partial charge in [-0.25, -0.2) is 0 Å². The maximum Gasteiger partial charge on any atom is 0.122 e. The fourth-order valence-corrected chi connectivity index (χ4v) is 2.34. The van der Waals surface area contributed by atoms with Gasteiger partial charge in [-0.2, -0.15) is 0 Å². The molecule has 0 spiro atoms. The third-order valence-corrected chi connectivity index (χ3v) is 3.45. The van der Waals surface area contributed by atoms with Crippen molar-refractivity contribution in [2.24, 2.45) is 5.73 Å². The van der Waals surface area contributed by atoms with Gasteiger partial charge in [0.2, 0.25) is 0 Å². The van der Waals surface area contributed by atoms with Crippen LogP contribution in [0.25, 0.3) is 0 Å². The van der Waals surface area contributed by atoms with Gasteiger partial charge in [-0.05, 0) is 55.4 Å². The summed E-state index contributed by atoms with van der Waals surface area (Å²) in [5.74, 6) is 1.27. The summed E-state index contributed by atoms with van der Waals surface area (Å²) in [5, 5.41) is 9.67. The highest BCUT2D eigenvalue weighted by Gasteiger charge is 2.15. The smallest absolute Gasteiger partial charge is 0.122 e. The van der Waals surface area contributed by atoms with Gasteiger partial charge in [0.25, 0.3) is 0 Å². The molecule has 0 saturated carbocycles. The van der Waals surface area contributed by atoms with Gasteiger partial charge in [0, 0.05) is 6.54 Å². The van der Waals surface area contributed by atoms with Crippen molar-refractivity contribution in [3.63, 3.8) is 0 Å². The molecular formula is C16H27NO2. The highest BCUT2D eigenvalue weighted by atomic mass is 16.5. The van der Waals surface area contributed by atoms with E-state index >= 15 is 0 Å². The molecule has 0 heterocycles. The first kappa shape index (κ1) is 16.0. The Labute approximate surface area is 116 Å². The molecule has 0 aromatic heterocycles. The van der Waals surface area contributed by atoms with Crippen LogP contribution in [0.5, 0.6) is 5.75 Å². The van der Waals surface area contributed by atoms with Crippen molar-refractivity contribution >= 4 is 0 Å². The molecule has 1 aromatic rings. The molecular weight excluding hydrogens is 238 g/mol. The third-order valence-electron chi connectivity index (χ3n) is 3.45. The Kier molecular flexibility index (Phi) is 6.32. The zero-order valence-electron chi connectivity index (χ0n) is 12.6. The number of ether oxygens (including phenoxy) is 1. The number of hydrogen-bond acceptors (Lipinski definition) is 3. The van der Waals surface area contributed by atoms with E-state index in [0.717, 1.165) is 24.3 Å². The van der Waals surface area contributed by atoms with Crippen molar-refractivity contribution in [3.8, 4) is 5.75 Å². The van der Waals surface area contributed by atoms with Crippen LogP contribution < -0.4 is 10.5 Å². The summed E-state index contributed by atoms with van der Waals surface area (Å²) in [6, 6.07) is 4.28. The van der Waals surface area contributed by atoms with Gasteiger partial charge in [0.05, 0.1) is 12.7 Å². The van der Waals surface area contributed by atoms with Crippen LogP contribution in [-0.4, -0.2) is 24.4 Å². The Hall–Kier alpha value is -1.06. The van der Waals surface area contributed by atoms with Gasteiger partial charge in [-0.3, -0.25) is 0 Å². The number of rotatable bonds is 7. The highest BCUT2D eigenvalue weighted by Crippen LogP contribution is 2.30. The monoisotopic (exact) mass is 265 g/mol. The Morgan fingerprint density at radius 3 is 2.53 bits per heavy atom. The summed E-state index contributed by atoms with van der Waals surface area (Å²) >= 11 is 0. The molecule has 2 unspecified atom stereocenters. The Balaban J connectivity index is 2.88. The quantitative estimate of drug-likeness (QED) is 0.797. The second-order valence-electron chi connectivity index (χ2n) is 5.35. The number of aliphatic hydroxyl groups is 1. The largest absolute Gasteiger partial charge is 0.493 e. The predicted octanol–water partition coefficient (Wildman–Crippen LogP) is 2.91. The third kappa shape index (κ3) is 4.51. The van der Waals surface area contributed by atoms with Crippen LogP contribution in [0.4, 0.5) is 0 Å². The van der Waals surface area contributed by atoms with E-state index in [1.807, 2.05) is 0 Å². The summed E-state index contributed by atoms with van der Waals surface area (Å²) < 4.78 is 5.73. The summed E-state index contributed by atoms with van der Waals surface area (Å²) in [6.45, 7) is 9.47. The molecule has 0 radical (unpaired) electrons. The first-order chi connectivity index (χ1) is 8.99. The molecule has 0 amide bonds. The molecule has 1 rings (SSSR count). The summed E-state index contributed by atoms with van der Waals surface area (Å²) in [4.78, 5) is 0.